The lowest BCUT2D eigenvalue weighted by Gasteiger charge is -2.42. The van der Waals surface area contributed by atoms with Crippen LogP contribution in [0.4, 0.5) is 0 Å². The van der Waals surface area contributed by atoms with E-state index < -0.39 is 0 Å². The summed E-state index contributed by atoms with van der Waals surface area (Å²) < 4.78 is 2.16. The number of halogens is 2. The molecule has 1 aromatic heterocycles. The molecule has 2 unspecified atom stereocenters. The van der Waals surface area contributed by atoms with E-state index in [1.807, 2.05) is 30.5 Å². The average molecular weight is 363 g/mol. The Morgan fingerprint density at radius 2 is 1.91 bits per heavy atom. The molecule has 1 amide bonds. The van der Waals surface area contributed by atoms with Crippen LogP contribution in [0.3, 0.4) is 0 Å². The average Bonchev–Trinajstić information content (AvgIpc) is 3.00. The minimum absolute atomic E-state index is 0. The van der Waals surface area contributed by atoms with E-state index in [1.165, 1.54) is 0 Å². The highest BCUT2D eigenvalue weighted by molar-refractivity contribution is 5.85. The van der Waals surface area contributed by atoms with Crippen molar-refractivity contribution in [3.05, 3.63) is 18.7 Å². The number of hydrogen-bond acceptors (Lipinski definition) is 3. The number of amides is 1. The Labute approximate surface area is 150 Å². The lowest BCUT2D eigenvalue weighted by molar-refractivity contribution is -0.140. The van der Waals surface area contributed by atoms with Gasteiger partial charge in [0.1, 0.15) is 0 Å². The molecule has 7 heteroatoms. The van der Waals surface area contributed by atoms with Gasteiger partial charge in [-0.05, 0) is 32.6 Å². The van der Waals surface area contributed by atoms with Crippen molar-refractivity contribution < 1.29 is 4.79 Å². The van der Waals surface area contributed by atoms with Gasteiger partial charge in [-0.15, -0.1) is 24.8 Å². The van der Waals surface area contributed by atoms with Gasteiger partial charge in [-0.1, -0.05) is 12.8 Å². The number of piperidine rings is 1. The van der Waals surface area contributed by atoms with E-state index in [0.717, 1.165) is 51.6 Å². The summed E-state index contributed by atoms with van der Waals surface area (Å²) in [5.41, 5.74) is 6.05. The number of nitrogens with zero attached hydrogens (tertiary/aromatic N) is 3. The molecule has 2 heterocycles. The SMILES string of the molecule is CC1(N)CCCCC1C(=O)N1CCC(n2ccnc2)CC1.Cl.Cl. The highest BCUT2D eigenvalue weighted by atomic mass is 35.5. The minimum atomic E-state index is -0.323. The molecule has 1 aliphatic carbocycles. The van der Waals surface area contributed by atoms with Crippen molar-refractivity contribution in [3.8, 4) is 0 Å². The smallest absolute Gasteiger partial charge is 0.227 e. The zero-order valence-electron chi connectivity index (χ0n) is 13.7. The third kappa shape index (κ3) is 4.40. The Hall–Kier alpha value is -0.780. The van der Waals surface area contributed by atoms with E-state index in [1.54, 1.807) is 0 Å². The second-order valence-corrected chi connectivity index (χ2v) is 6.87. The molecular formula is C16H28Cl2N4O. The first-order chi connectivity index (χ1) is 10.1. The molecule has 3 rings (SSSR count). The number of rotatable bonds is 2. The molecule has 132 valence electrons. The third-order valence-electron chi connectivity index (χ3n) is 5.28. The van der Waals surface area contributed by atoms with Crippen molar-refractivity contribution in [2.24, 2.45) is 11.7 Å². The van der Waals surface area contributed by atoms with E-state index >= 15 is 0 Å². The lowest BCUT2D eigenvalue weighted by atomic mass is 9.74. The molecule has 0 spiro atoms. The van der Waals surface area contributed by atoms with E-state index in [4.69, 9.17) is 5.73 Å². The molecule has 1 saturated heterocycles. The second-order valence-electron chi connectivity index (χ2n) is 6.87. The van der Waals surface area contributed by atoms with Gasteiger partial charge >= 0.3 is 0 Å². The molecule has 2 atom stereocenters. The molecule has 1 aromatic rings. The molecule has 1 saturated carbocycles. The predicted octanol–water partition coefficient (Wildman–Crippen LogP) is 2.80. The Bertz CT molecular complexity index is 484. The number of likely N-dealkylation sites (tertiary alicyclic amines) is 1. The van der Waals surface area contributed by atoms with Crippen LogP contribution in [0.2, 0.25) is 0 Å². The third-order valence-corrected chi connectivity index (χ3v) is 5.28. The zero-order chi connectivity index (χ0) is 14.9. The van der Waals surface area contributed by atoms with Crippen LogP contribution in [-0.4, -0.2) is 39.0 Å². The minimum Gasteiger partial charge on any atom is -0.342 e. The van der Waals surface area contributed by atoms with Crippen LogP contribution in [-0.2, 0) is 4.79 Å². The van der Waals surface area contributed by atoms with Gasteiger partial charge in [-0.3, -0.25) is 4.79 Å². The number of nitrogens with two attached hydrogens (primary N) is 1. The molecule has 5 nitrogen and oxygen atoms in total. The second kappa shape index (κ2) is 8.36. The van der Waals surface area contributed by atoms with Crippen LogP contribution in [0.25, 0.3) is 0 Å². The Morgan fingerprint density at radius 1 is 1.22 bits per heavy atom. The molecule has 2 aliphatic rings. The number of carbonyl (C=O) groups is 1. The van der Waals surface area contributed by atoms with Crippen LogP contribution >= 0.6 is 24.8 Å². The normalized spacial score (nSPS) is 28.6. The highest BCUT2D eigenvalue weighted by Crippen LogP contribution is 2.34. The fraction of sp³-hybridized carbons (Fsp3) is 0.750. The van der Waals surface area contributed by atoms with Gasteiger partial charge in [0.05, 0.1) is 12.2 Å². The number of imidazole rings is 1. The van der Waals surface area contributed by atoms with Gasteiger partial charge in [0.2, 0.25) is 5.91 Å². The topological polar surface area (TPSA) is 64.2 Å². The summed E-state index contributed by atoms with van der Waals surface area (Å²) in [6, 6.07) is 0.479. The number of carbonyl (C=O) groups excluding carboxylic acids is 1. The molecule has 2 fully saturated rings. The molecule has 23 heavy (non-hydrogen) atoms. The molecule has 0 bridgehead atoms. The molecule has 0 radical (unpaired) electrons. The fourth-order valence-corrected chi connectivity index (χ4v) is 3.85. The summed E-state index contributed by atoms with van der Waals surface area (Å²) in [5.74, 6) is 0.292. The quantitative estimate of drug-likeness (QED) is 0.879. The number of aromatic nitrogens is 2. The highest BCUT2D eigenvalue weighted by Gasteiger charge is 2.40. The fourth-order valence-electron chi connectivity index (χ4n) is 3.85. The van der Waals surface area contributed by atoms with E-state index in [0.29, 0.717) is 6.04 Å². The molecule has 2 N–H and O–H groups in total. The number of hydrogen-bond donors (Lipinski definition) is 1. The summed E-state index contributed by atoms with van der Waals surface area (Å²) in [6.07, 6.45) is 11.9. The summed E-state index contributed by atoms with van der Waals surface area (Å²) in [6.45, 7) is 3.73. The van der Waals surface area contributed by atoms with E-state index in [9.17, 15) is 4.79 Å². The van der Waals surface area contributed by atoms with Crippen LogP contribution < -0.4 is 5.73 Å². The van der Waals surface area contributed by atoms with Gasteiger partial charge in [-0.2, -0.15) is 0 Å². The first kappa shape index (κ1) is 20.3. The monoisotopic (exact) mass is 362 g/mol. The van der Waals surface area contributed by atoms with Crippen molar-refractivity contribution in [3.63, 3.8) is 0 Å². The van der Waals surface area contributed by atoms with Crippen LogP contribution in [0, 0.1) is 5.92 Å². The van der Waals surface area contributed by atoms with Gasteiger partial charge in [0.15, 0.2) is 0 Å². The van der Waals surface area contributed by atoms with Crippen molar-refractivity contribution in [2.75, 3.05) is 13.1 Å². The van der Waals surface area contributed by atoms with Crippen LogP contribution in [0.1, 0.15) is 51.5 Å². The first-order valence-electron chi connectivity index (χ1n) is 8.13. The maximum Gasteiger partial charge on any atom is 0.227 e. The maximum atomic E-state index is 12.8. The zero-order valence-corrected chi connectivity index (χ0v) is 15.3. The predicted molar refractivity (Wildman–Crippen MR) is 96.1 cm³/mol. The Kier molecular flexibility index (Phi) is 7.36. The van der Waals surface area contributed by atoms with Crippen LogP contribution in [0.5, 0.6) is 0 Å². The summed E-state index contributed by atoms with van der Waals surface area (Å²) in [7, 11) is 0. The summed E-state index contributed by atoms with van der Waals surface area (Å²) in [4.78, 5) is 18.9. The van der Waals surface area contributed by atoms with Crippen molar-refractivity contribution in [1.29, 1.82) is 0 Å². The largest absolute Gasteiger partial charge is 0.342 e. The standard InChI is InChI=1S/C16H26N4O.2ClH/c1-16(17)7-3-2-4-14(16)15(21)19-9-5-13(6-10-19)20-11-8-18-12-20;;/h8,11-14H,2-7,9-10,17H2,1H3;2*1H. The Balaban J connectivity index is 0.00000132. The van der Waals surface area contributed by atoms with Crippen molar-refractivity contribution >= 4 is 30.7 Å². The maximum absolute atomic E-state index is 12.8. The van der Waals surface area contributed by atoms with Gasteiger partial charge in [0, 0.05) is 37.1 Å². The van der Waals surface area contributed by atoms with E-state index in [-0.39, 0.29) is 42.2 Å². The lowest BCUT2D eigenvalue weighted by Crippen LogP contribution is -2.54. The van der Waals surface area contributed by atoms with E-state index in [2.05, 4.69) is 9.55 Å². The van der Waals surface area contributed by atoms with Crippen LogP contribution in [0.15, 0.2) is 18.7 Å². The van der Waals surface area contributed by atoms with Crippen molar-refractivity contribution in [1.82, 2.24) is 14.5 Å². The molecular weight excluding hydrogens is 335 g/mol. The first-order valence-corrected chi connectivity index (χ1v) is 8.13. The summed E-state index contributed by atoms with van der Waals surface area (Å²) in [5, 5.41) is 0. The summed E-state index contributed by atoms with van der Waals surface area (Å²) >= 11 is 0. The Morgan fingerprint density at radius 3 is 2.48 bits per heavy atom. The van der Waals surface area contributed by atoms with Crippen molar-refractivity contribution in [2.45, 2.75) is 57.0 Å². The molecule has 0 aromatic carbocycles. The van der Waals surface area contributed by atoms with Gasteiger partial charge in [-0.25, -0.2) is 4.98 Å². The molecule has 1 aliphatic heterocycles. The van der Waals surface area contributed by atoms with Gasteiger partial charge in [0.25, 0.3) is 0 Å². The van der Waals surface area contributed by atoms with Gasteiger partial charge < -0.3 is 15.2 Å².